The first kappa shape index (κ1) is 21.2. The molecule has 0 aliphatic carbocycles. The van der Waals surface area contributed by atoms with Crippen molar-refractivity contribution in [2.45, 2.75) is 39.3 Å². The van der Waals surface area contributed by atoms with E-state index >= 15 is 0 Å². The van der Waals surface area contributed by atoms with Crippen molar-refractivity contribution in [2.24, 2.45) is 4.99 Å². The molecule has 0 bridgehead atoms. The lowest BCUT2D eigenvalue weighted by molar-refractivity contribution is -0.127. The number of nitrogens with zero attached hydrogens (tertiary/aromatic N) is 3. The third-order valence-corrected chi connectivity index (χ3v) is 5.64. The predicted molar refractivity (Wildman–Crippen MR) is 117 cm³/mol. The third kappa shape index (κ3) is 5.29. The highest BCUT2D eigenvalue weighted by molar-refractivity contribution is 5.85. The van der Waals surface area contributed by atoms with Gasteiger partial charge in [-0.3, -0.25) is 9.69 Å². The second kappa shape index (κ2) is 9.78. The first-order chi connectivity index (χ1) is 14.0. The molecule has 29 heavy (non-hydrogen) atoms. The molecule has 1 aromatic carbocycles. The fourth-order valence-corrected chi connectivity index (χ4v) is 3.78. The number of furan rings is 1. The van der Waals surface area contributed by atoms with Crippen LogP contribution in [0, 0.1) is 6.92 Å². The molecule has 1 amide bonds. The van der Waals surface area contributed by atoms with Crippen molar-refractivity contribution < 1.29 is 9.21 Å². The van der Waals surface area contributed by atoms with Gasteiger partial charge in [-0.2, -0.15) is 0 Å². The smallest absolute Gasteiger partial charge is 0.243 e. The summed E-state index contributed by atoms with van der Waals surface area (Å²) in [4.78, 5) is 20.5. The van der Waals surface area contributed by atoms with Crippen LogP contribution >= 0.6 is 0 Å². The number of carbonyl (C=O) groups excluding carboxylic acids is 1. The van der Waals surface area contributed by atoms with Crippen molar-refractivity contribution in [1.29, 1.82) is 0 Å². The highest BCUT2D eigenvalue weighted by Crippen LogP contribution is 2.24. The molecule has 2 aromatic rings. The normalized spacial score (nSPS) is 17.7. The molecule has 7 heteroatoms. The molecule has 0 saturated carbocycles. The van der Waals surface area contributed by atoms with Gasteiger partial charge in [0.05, 0.1) is 6.54 Å². The number of aliphatic imine (C=N–C) groups is 1. The van der Waals surface area contributed by atoms with Crippen LogP contribution in [-0.2, 0) is 11.3 Å². The largest absolute Gasteiger partial charge is 0.459 e. The van der Waals surface area contributed by atoms with E-state index in [0.717, 1.165) is 41.9 Å². The highest BCUT2D eigenvalue weighted by Gasteiger charge is 2.23. The summed E-state index contributed by atoms with van der Waals surface area (Å²) in [6, 6.07) is 8.55. The number of likely N-dealkylation sites (N-methyl/N-ethyl adjacent to an activating group) is 2. The number of fused-ring (bicyclic) bond motifs is 1. The molecule has 2 N–H and O–H groups in total. The summed E-state index contributed by atoms with van der Waals surface area (Å²) in [5.74, 6) is 1.50. The highest BCUT2D eigenvalue weighted by atomic mass is 16.3. The molecule has 1 unspecified atom stereocenters. The summed E-state index contributed by atoms with van der Waals surface area (Å²) in [6.07, 6.45) is 2.42. The van der Waals surface area contributed by atoms with E-state index in [2.05, 4.69) is 40.4 Å². The Morgan fingerprint density at radius 2 is 2.10 bits per heavy atom. The zero-order chi connectivity index (χ0) is 20.8. The lowest BCUT2D eigenvalue weighted by atomic mass is 10.1. The lowest BCUT2D eigenvalue weighted by Crippen LogP contribution is -2.45. The Morgan fingerprint density at radius 1 is 1.31 bits per heavy atom. The van der Waals surface area contributed by atoms with Gasteiger partial charge in [-0.25, -0.2) is 4.99 Å². The summed E-state index contributed by atoms with van der Waals surface area (Å²) < 4.78 is 6.00. The lowest BCUT2D eigenvalue weighted by Gasteiger charge is -2.24. The number of para-hydroxylation sites is 1. The van der Waals surface area contributed by atoms with Gasteiger partial charge >= 0.3 is 0 Å². The molecule has 1 fully saturated rings. The van der Waals surface area contributed by atoms with Crippen LogP contribution in [0.1, 0.15) is 31.1 Å². The van der Waals surface area contributed by atoms with Crippen LogP contribution in [-0.4, -0.2) is 68.0 Å². The maximum atomic E-state index is 12.0. The average molecular weight is 400 g/mol. The van der Waals surface area contributed by atoms with Gasteiger partial charge in [0.15, 0.2) is 5.96 Å². The fraction of sp³-hybridized carbons (Fsp3) is 0.545. The van der Waals surface area contributed by atoms with Crippen molar-refractivity contribution in [1.82, 2.24) is 20.4 Å². The molecule has 1 aromatic heterocycles. The minimum Gasteiger partial charge on any atom is -0.459 e. The quantitative estimate of drug-likeness (QED) is 0.552. The monoisotopic (exact) mass is 399 g/mol. The number of benzene rings is 1. The predicted octanol–water partition coefficient (Wildman–Crippen LogP) is 2.35. The molecule has 3 rings (SSSR count). The van der Waals surface area contributed by atoms with Crippen LogP contribution in [0.25, 0.3) is 11.0 Å². The summed E-state index contributed by atoms with van der Waals surface area (Å²) >= 11 is 0. The minimum atomic E-state index is -0.0259. The topological polar surface area (TPSA) is 73.1 Å². The molecule has 7 nitrogen and oxygen atoms in total. The van der Waals surface area contributed by atoms with E-state index in [1.54, 1.807) is 19.0 Å². The van der Waals surface area contributed by atoms with Crippen LogP contribution in [0.15, 0.2) is 33.7 Å². The van der Waals surface area contributed by atoms with Crippen LogP contribution in [0.3, 0.4) is 0 Å². The number of hydrogen-bond acceptors (Lipinski definition) is 4. The van der Waals surface area contributed by atoms with E-state index in [4.69, 9.17) is 4.42 Å². The van der Waals surface area contributed by atoms with Crippen LogP contribution in [0.2, 0.25) is 0 Å². The molecule has 1 aliphatic rings. The van der Waals surface area contributed by atoms with Gasteiger partial charge in [0.1, 0.15) is 17.9 Å². The zero-order valence-corrected chi connectivity index (χ0v) is 18.0. The first-order valence-corrected chi connectivity index (χ1v) is 10.4. The maximum Gasteiger partial charge on any atom is 0.243 e. The van der Waals surface area contributed by atoms with Crippen molar-refractivity contribution >= 4 is 22.8 Å². The Balaban J connectivity index is 1.67. The maximum absolute atomic E-state index is 12.0. The van der Waals surface area contributed by atoms with Gasteiger partial charge < -0.3 is 20.0 Å². The summed E-state index contributed by atoms with van der Waals surface area (Å²) in [7, 11) is 3.49. The van der Waals surface area contributed by atoms with E-state index in [0.29, 0.717) is 18.5 Å². The van der Waals surface area contributed by atoms with Gasteiger partial charge in [0.2, 0.25) is 5.91 Å². The molecule has 1 saturated heterocycles. The fourth-order valence-electron chi connectivity index (χ4n) is 3.78. The molecular weight excluding hydrogens is 366 g/mol. The van der Waals surface area contributed by atoms with E-state index in [1.165, 1.54) is 12.8 Å². The second-order valence-corrected chi connectivity index (χ2v) is 7.76. The Bertz CT molecular complexity index is 858. The van der Waals surface area contributed by atoms with Gasteiger partial charge in [-0.15, -0.1) is 0 Å². The minimum absolute atomic E-state index is 0.0259. The SMILES string of the molecule is CCN1CCCC1CNC(=NCC(=O)N(C)C)NCc1oc2ccccc2c1C. The number of hydrogen-bond donors (Lipinski definition) is 2. The molecule has 0 radical (unpaired) electrons. The zero-order valence-electron chi connectivity index (χ0n) is 18.0. The summed E-state index contributed by atoms with van der Waals surface area (Å²) in [5.41, 5.74) is 2.02. The van der Waals surface area contributed by atoms with Crippen molar-refractivity contribution in [2.75, 3.05) is 40.3 Å². The first-order valence-electron chi connectivity index (χ1n) is 10.4. The number of nitrogens with one attached hydrogen (secondary N) is 2. The number of rotatable bonds is 7. The molecular formula is C22H33N5O2. The van der Waals surface area contributed by atoms with E-state index in [1.807, 2.05) is 18.2 Å². The third-order valence-electron chi connectivity index (χ3n) is 5.64. The average Bonchev–Trinajstić information content (AvgIpc) is 3.31. The van der Waals surface area contributed by atoms with Gasteiger partial charge in [0, 0.05) is 37.6 Å². The van der Waals surface area contributed by atoms with Gasteiger partial charge in [0.25, 0.3) is 0 Å². The number of likely N-dealkylation sites (tertiary alicyclic amines) is 1. The van der Waals surface area contributed by atoms with Gasteiger partial charge in [-0.05, 0) is 38.9 Å². The van der Waals surface area contributed by atoms with Crippen LogP contribution in [0.4, 0.5) is 0 Å². The molecule has 158 valence electrons. The molecule has 1 aliphatic heterocycles. The Hall–Kier alpha value is -2.54. The Kier molecular flexibility index (Phi) is 7.14. The summed E-state index contributed by atoms with van der Waals surface area (Å²) in [5, 5.41) is 7.90. The molecule has 0 spiro atoms. The van der Waals surface area contributed by atoms with Crippen molar-refractivity contribution in [3.8, 4) is 0 Å². The van der Waals surface area contributed by atoms with Crippen LogP contribution < -0.4 is 10.6 Å². The number of aryl methyl sites for hydroxylation is 1. The summed E-state index contributed by atoms with van der Waals surface area (Å²) in [6.45, 7) is 7.93. The Labute approximate surface area is 173 Å². The second-order valence-electron chi connectivity index (χ2n) is 7.76. The molecule has 2 heterocycles. The number of amides is 1. The van der Waals surface area contributed by atoms with Crippen molar-refractivity contribution in [3.63, 3.8) is 0 Å². The molecule has 1 atom stereocenters. The van der Waals surface area contributed by atoms with E-state index in [9.17, 15) is 4.79 Å². The van der Waals surface area contributed by atoms with Crippen molar-refractivity contribution in [3.05, 3.63) is 35.6 Å². The standard InChI is InChI=1S/C22H33N5O2/c1-5-27-12-8-9-17(27)13-23-22(25-15-21(28)26(3)4)24-14-20-16(2)18-10-6-7-11-19(18)29-20/h6-7,10-11,17H,5,8-9,12-15H2,1-4H3,(H2,23,24,25). The van der Waals surface area contributed by atoms with Gasteiger partial charge in [-0.1, -0.05) is 25.1 Å². The van der Waals surface area contributed by atoms with E-state index in [-0.39, 0.29) is 12.5 Å². The van der Waals surface area contributed by atoms with Crippen LogP contribution in [0.5, 0.6) is 0 Å². The number of carbonyl (C=O) groups is 1. The van der Waals surface area contributed by atoms with E-state index < -0.39 is 0 Å². The Morgan fingerprint density at radius 3 is 2.83 bits per heavy atom. The number of guanidine groups is 1.